The zero-order valence-corrected chi connectivity index (χ0v) is 20.0. The van der Waals surface area contributed by atoms with Gasteiger partial charge in [-0.1, -0.05) is 18.2 Å². The Labute approximate surface area is 205 Å². The number of ether oxygens (including phenoxy) is 2. The molecule has 1 aromatic carbocycles. The molecule has 2 atom stereocenters. The number of benzene rings is 1. The summed E-state index contributed by atoms with van der Waals surface area (Å²) in [6.45, 7) is 3.55. The van der Waals surface area contributed by atoms with Crippen molar-refractivity contribution in [3.8, 4) is 5.75 Å². The van der Waals surface area contributed by atoms with E-state index in [2.05, 4.69) is 16.3 Å². The van der Waals surface area contributed by atoms with E-state index in [4.69, 9.17) is 14.5 Å². The lowest BCUT2D eigenvalue weighted by Crippen LogP contribution is -2.38. The average Bonchev–Trinajstić information content (AvgIpc) is 3.20. The number of fused-ring (bicyclic) bond motifs is 1. The first-order chi connectivity index (χ1) is 17.0. The Morgan fingerprint density at radius 2 is 2.23 bits per heavy atom. The number of carbonyl (C=O) groups is 1. The number of hydrogen-bond acceptors (Lipinski definition) is 6. The minimum atomic E-state index is -1.28. The topological polar surface area (TPSA) is 83.9 Å². The number of carboxylic acid groups (broad SMARTS) is 1. The van der Waals surface area contributed by atoms with Gasteiger partial charge in [0.1, 0.15) is 23.3 Å². The Bertz CT molecular complexity index is 1050. The summed E-state index contributed by atoms with van der Waals surface area (Å²) in [4.78, 5) is 18.4. The van der Waals surface area contributed by atoms with E-state index in [1.54, 1.807) is 0 Å². The number of nitrogens with zero attached hydrogens (tertiary/aromatic N) is 2. The predicted octanol–water partition coefficient (Wildman–Crippen LogP) is 3.82. The van der Waals surface area contributed by atoms with Crippen molar-refractivity contribution in [1.82, 2.24) is 9.88 Å². The van der Waals surface area contributed by atoms with Gasteiger partial charge >= 0.3 is 5.97 Å². The van der Waals surface area contributed by atoms with Crippen LogP contribution in [0.3, 0.4) is 0 Å². The van der Waals surface area contributed by atoms with Crippen molar-refractivity contribution in [2.45, 2.75) is 56.2 Å². The second kappa shape index (κ2) is 10.5. The number of alkyl halides is 1. The van der Waals surface area contributed by atoms with Gasteiger partial charge in [-0.3, -0.25) is 9.69 Å². The number of aliphatic carboxylic acids is 1. The van der Waals surface area contributed by atoms with E-state index in [9.17, 15) is 9.90 Å². The van der Waals surface area contributed by atoms with Gasteiger partial charge in [0.15, 0.2) is 0 Å². The standard InChI is InChI=1S/C27H34FN3O4/c28-27(9-8-22-7-6-19-4-2-11-29-26(19)30-22)10-12-31(18-27)15-21(14-25(32)33)20-3-1-5-23(13-20)35-24-16-34-17-24/h1,3,5-7,13,21,24H,2,4,8-12,14-18H2,(H,29,30)(H,32,33). The Kier molecular flexibility index (Phi) is 7.20. The van der Waals surface area contributed by atoms with E-state index in [0.717, 1.165) is 42.2 Å². The smallest absolute Gasteiger partial charge is 0.304 e. The maximum atomic E-state index is 15.7. The maximum absolute atomic E-state index is 15.7. The van der Waals surface area contributed by atoms with Gasteiger partial charge in [-0.25, -0.2) is 9.37 Å². The van der Waals surface area contributed by atoms with Crippen molar-refractivity contribution in [1.29, 1.82) is 0 Å². The van der Waals surface area contributed by atoms with Gasteiger partial charge in [-0.05, 0) is 61.4 Å². The molecule has 0 spiro atoms. The van der Waals surface area contributed by atoms with Crippen LogP contribution >= 0.6 is 0 Å². The molecule has 0 aliphatic carbocycles. The molecule has 7 nitrogen and oxygen atoms in total. The van der Waals surface area contributed by atoms with Crippen LogP contribution in [0.5, 0.6) is 5.75 Å². The summed E-state index contributed by atoms with van der Waals surface area (Å²) in [5, 5.41) is 12.9. The third kappa shape index (κ3) is 6.11. The first-order valence-electron chi connectivity index (χ1n) is 12.7. The summed E-state index contributed by atoms with van der Waals surface area (Å²) in [5.41, 5.74) is 1.79. The van der Waals surface area contributed by atoms with Crippen molar-refractivity contribution in [2.24, 2.45) is 0 Å². The zero-order valence-electron chi connectivity index (χ0n) is 20.0. The third-order valence-corrected chi connectivity index (χ3v) is 7.30. The third-order valence-electron chi connectivity index (χ3n) is 7.30. The molecule has 5 rings (SSSR count). The van der Waals surface area contributed by atoms with Gasteiger partial charge in [0.05, 0.1) is 19.6 Å². The van der Waals surface area contributed by atoms with Gasteiger partial charge in [0.25, 0.3) is 0 Å². The fourth-order valence-electron chi connectivity index (χ4n) is 5.26. The molecule has 1 aromatic heterocycles. The van der Waals surface area contributed by atoms with E-state index in [1.165, 1.54) is 5.56 Å². The zero-order chi connectivity index (χ0) is 24.3. The summed E-state index contributed by atoms with van der Waals surface area (Å²) in [6, 6.07) is 11.8. The number of aryl methyl sites for hydroxylation is 2. The normalized spacial score (nSPS) is 23.2. The molecule has 0 bridgehead atoms. The van der Waals surface area contributed by atoms with Crippen LogP contribution in [0, 0.1) is 0 Å². The molecule has 4 heterocycles. The van der Waals surface area contributed by atoms with E-state index in [1.807, 2.05) is 30.3 Å². The number of nitrogens with one attached hydrogen (secondary N) is 1. The number of aromatic nitrogens is 1. The van der Waals surface area contributed by atoms with Crippen LogP contribution in [0.4, 0.5) is 10.2 Å². The van der Waals surface area contributed by atoms with Crippen molar-refractivity contribution in [3.63, 3.8) is 0 Å². The molecular formula is C27H34FN3O4. The minimum absolute atomic E-state index is 0.00216. The van der Waals surface area contributed by atoms with Crippen molar-refractivity contribution >= 4 is 11.8 Å². The van der Waals surface area contributed by atoms with Crippen molar-refractivity contribution in [2.75, 3.05) is 44.7 Å². The molecule has 0 saturated carbocycles. The molecular weight excluding hydrogens is 449 g/mol. The second-order valence-electron chi connectivity index (χ2n) is 10.1. The molecule has 3 aliphatic heterocycles. The molecule has 0 amide bonds. The van der Waals surface area contributed by atoms with Gasteiger partial charge in [-0.15, -0.1) is 0 Å². The van der Waals surface area contributed by atoms with E-state index in [0.29, 0.717) is 52.1 Å². The summed E-state index contributed by atoms with van der Waals surface area (Å²) >= 11 is 0. The van der Waals surface area contributed by atoms with Crippen LogP contribution < -0.4 is 10.1 Å². The first-order valence-corrected chi connectivity index (χ1v) is 12.7. The fraction of sp³-hybridized carbons (Fsp3) is 0.556. The van der Waals surface area contributed by atoms with Crippen LogP contribution in [0.15, 0.2) is 36.4 Å². The van der Waals surface area contributed by atoms with Crippen LogP contribution in [0.25, 0.3) is 0 Å². The molecule has 0 radical (unpaired) electrons. The van der Waals surface area contributed by atoms with Gasteiger partial charge in [0, 0.05) is 37.8 Å². The maximum Gasteiger partial charge on any atom is 0.304 e. The molecule has 35 heavy (non-hydrogen) atoms. The lowest BCUT2D eigenvalue weighted by Gasteiger charge is -2.28. The lowest BCUT2D eigenvalue weighted by molar-refractivity contribution is -0.137. The van der Waals surface area contributed by atoms with E-state index in [-0.39, 0.29) is 18.4 Å². The fourth-order valence-corrected chi connectivity index (χ4v) is 5.26. The summed E-state index contributed by atoms with van der Waals surface area (Å²) in [6.07, 6.45) is 3.69. The number of anilines is 1. The highest BCUT2D eigenvalue weighted by atomic mass is 19.1. The highest BCUT2D eigenvalue weighted by Crippen LogP contribution is 2.34. The van der Waals surface area contributed by atoms with Gasteiger partial charge in [0.2, 0.25) is 0 Å². The highest BCUT2D eigenvalue weighted by molar-refractivity contribution is 5.68. The molecule has 2 saturated heterocycles. The van der Waals surface area contributed by atoms with Gasteiger partial charge < -0.3 is 19.9 Å². The molecule has 2 aromatic rings. The van der Waals surface area contributed by atoms with Crippen LogP contribution in [0.2, 0.25) is 0 Å². The summed E-state index contributed by atoms with van der Waals surface area (Å²) in [7, 11) is 0. The number of halogens is 1. The minimum Gasteiger partial charge on any atom is -0.486 e. The van der Waals surface area contributed by atoms with Crippen molar-refractivity contribution in [3.05, 3.63) is 53.2 Å². The Morgan fingerprint density at radius 3 is 3.03 bits per heavy atom. The second-order valence-corrected chi connectivity index (χ2v) is 10.1. The number of rotatable bonds is 10. The molecule has 188 valence electrons. The molecule has 3 aliphatic rings. The highest BCUT2D eigenvalue weighted by Gasteiger charge is 2.39. The number of pyridine rings is 1. The monoisotopic (exact) mass is 483 g/mol. The first kappa shape index (κ1) is 24.0. The van der Waals surface area contributed by atoms with Crippen molar-refractivity contribution < 1.29 is 23.8 Å². The Hall–Kier alpha value is -2.71. The summed E-state index contributed by atoms with van der Waals surface area (Å²) in [5.74, 6) is 0.581. The molecule has 8 heteroatoms. The van der Waals surface area contributed by atoms with Crippen LogP contribution in [0.1, 0.15) is 48.4 Å². The molecule has 2 fully saturated rings. The number of carboxylic acids is 1. The largest absolute Gasteiger partial charge is 0.486 e. The lowest BCUT2D eigenvalue weighted by atomic mass is 9.94. The summed E-state index contributed by atoms with van der Waals surface area (Å²) < 4.78 is 26.8. The average molecular weight is 484 g/mol. The number of likely N-dealkylation sites (tertiary alicyclic amines) is 1. The SMILES string of the molecule is O=C(O)CC(CN1CCC(F)(CCc2ccc3c(n2)NCCC3)C1)c1cccc(OC2COC2)c1. The molecule has 2 N–H and O–H groups in total. The number of hydrogen-bond donors (Lipinski definition) is 2. The predicted molar refractivity (Wildman–Crippen MR) is 131 cm³/mol. The van der Waals surface area contributed by atoms with E-state index < -0.39 is 11.6 Å². The Balaban J connectivity index is 1.19. The molecule has 2 unspecified atom stereocenters. The Morgan fingerprint density at radius 1 is 1.34 bits per heavy atom. The van der Waals surface area contributed by atoms with Crippen LogP contribution in [-0.4, -0.2) is 72.1 Å². The van der Waals surface area contributed by atoms with E-state index >= 15 is 4.39 Å². The quantitative estimate of drug-likeness (QED) is 0.532. The van der Waals surface area contributed by atoms with Gasteiger partial charge in [-0.2, -0.15) is 0 Å². The van der Waals surface area contributed by atoms with Crippen LogP contribution in [-0.2, 0) is 22.4 Å².